The molecule has 0 spiro atoms. The molecule has 1 N–H and O–H groups in total. The minimum Gasteiger partial charge on any atom is -0.492 e. The van der Waals surface area contributed by atoms with Crippen molar-refractivity contribution in [2.45, 2.75) is 4.90 Å². The van der Waals surface area contributed by atoms with Gasteiger partial charge in [0.15, 0.2) is 4.90 Å². The number of benzene rings is 2. The summed E-state index contributed by atoms with van der Waals surface area (Å²) >= 11 is 0. The van der Waals surface area contributed by atoms with Crippen LogP contribution in [0, 0.1) is 10.1 Å². The van der Waals surface area contributed by atoms with Gasteiger partial charge < -0.3 is 4.74 Å². The van der Waals surface area contributed by atoms with Crippen molar-refractivity contribution >= 4 is 15.7 Å². The molecule has 0 bridgehead atoms. The predicted octanol–water partition coefficient (Wildman–Crippen LogP) is 1.95. The molecule has 2 aromatic rings. The van der Waals surface area contributed by atoms with E-state index in [0.29, 0.717) is 5.75 Å². The monoisotopic (exact) mass is 322 g/mol. The Hall–Kier alpha value is -2.45. The summed E-state index contributed by atoms with van der Waals surface area (Å²) in [6, 6.07) is 14.1. The lowest BCUT2D eigenvalue weighted by Gasteiger charge is -2.08. The first-order valence-corrected chi connectivity index (χ1v) is 7.90. The zero-order valence-electron chi connectivity index (χ0n) is 11.5. The summed E-state index contributed by atoms with van der Waals surface area (Å²) in [4.78, 5) is 9.78. The van der Waals surface area contributed by atoms with Crippen LogP contribution in [0.25, 0.3) is 0 Å². The molecular weight excluding hydrogens is 308 g/mol. The highest BCUT2D eigenvalue weighted by molar-refractivity contribution is 7.89. The van der Waals surface area contributed by atoms with E-state index in [1.54, 1.807) is 24.3 Å². The SMILES string of the molecule is O=[N+]([O-])c1ccccc1S(=O)(=O)NCCOc1ccccc1. The highest BCUT2D eigenvalue weighted by Crippen LogP contribution is 2.22. The first kappa shape index (κ1) is 15.9. The molecular formula is C14H14N2O5S. The van der Waals surface area contributed by atoms with Crippen LogP contribution in [0.5, 0.6) is 5.75 Å². The highest BCUT2D eigenvalue weighted by atomic mass is 32.2. The van der Waals surface area contributed by atoms with Crippen LogP contribution < -0.4 is 9.46 Å². The van der Waals surface area contributed by atoms with Crippen LogP contribution in [-0.2, 0) is 10.0 Å². The number of nitrogens with zero attached hydrogens (tertiary/aromatic N) is 1. The molecule has 0 unspecified atom stereocenters. The standard InChI is InChI=1S/C14H14N2O5S/c17-16(18)13-8-4-5-9-14(13)22(19,20)15-10-11-21-12-6-2-1-3-7-12/h1-9,15H,10-11H2. The van der Waals surface area contributed by atoms with Crippen molar-refractivity contribution in [3.05, 3.63) is 64.7 Å². The zero-order chi connectivity index (χ0) is 16.0. The van der Waals surface area contributed by atoms with Crippen molar-refractivity contribution in [2.24, 2.45) is 0 Å². The van der Waals surface area contributed by atoms with Gasteiger partial charge in [0, 0.05) is 12.6 Å². The topological polar surface area (TPSA) is 98.5 Å². The average molecular weight is 322 g/mol. The van der Waals surface area contributed by atoms with Crippen molar-refractivity contribution in [3.8, 4) is 5.75 Å². The second-order valence-corrected chi connectivity index (χ2v) is 6.02. The van der Waals surface area contributed by atoms with E-state index >= 15 is 0 Å². The Kier molecular flexibility index (Phi) is 5.08. The molecule has 0 saturated carbocycles. The third-order valence-electron chi connectivity index (χ3n) is 2.76. The van der Waals surface area contributed by atoms with E-state index < -0.39 is 20.6 Å². The van der Waals surface area contributed by atoms with Gasteiger partial charge in [-0.15, -0.1) is 0 Å². The van der Waals surface area contributed by atoms with E-state index in [2.05, 4.69) is 4.72 Å². The summed E-state index contributed by atoms with van der Waals surface area (Å²) in [7, 11) is -3.96. The van der Waals surface area contributed by atoms with Crippen molar-refractivity contribution < 1.29 is 18.1 Å². The molecule has 0 saturated heterocycles. The molecule has 116 valence electrons. The fourth-order valence-electron chi connectivity index (χ4n) is 1.77. The average Bonchev–Trinajstić information content (AvgIpc) is 2.52. The van der Waals surface area contributed by atoms with Crippen LogP contribution >= 0.6 is 0 Å². The van der Waals surface area contributed by atoms with E-state index in [0.717, 1.165) is 6.07 Å². The molecule has 0 fully saturated rings. The van der Waals surface area contributed by atoms with Crippen LogP contribution in [0.1, 0.15) is 0 Å². The molecule has 0 aromatic heterocycles. The maximum absolute atomic E-state index is 12.1. The fourth-order valence-corrected chi connectivity index (χ4v) is 2.96. The number of para-hydroxylation sites is 2. The number of nitro groups is 1. The Bertz CT molecular complexity index is 747. The predicted molar refractivity (Wildman–Crippen MR) is 80.2 cm³/mol. The molecule has 7 nitrogen and oxygen atoms in total. The van der Waals surface area contributed by atoms with E-state index in [4.69, 9.17) is 4.74 Å². The summed E-state index contributed by atoms with van der Waals surface area (Å²) < 4.78 is 31.8. The van der Waals surface area contributed by atoms with Gasteiger partial charge in [0.05, 0.1) is 4.92 Å². The number of ether oxygens (including phenoxy) is 1. The van der Waals surface area contributed by atoms with Crippen molar-refractivity contribution in [3.63, 3.8) is 0 Å². The molecule has 2 aromatic carbocycles. The highest BCUT2D eigenvalue weighted by Gasteiger charge is 2.24. The Balaban J connectivity index is 1.99. The van der Waals surface area contributed by atoms with Crippen molar-refractivity contribution in [2.75, 3.05) is 13.2 Å². The van der Waals surface area contributed by atoms with Gasteiger partial charge in [-0.25, -0.2) is 13.1 Å². The fraction of sp³-hybridized carbons (Fsp3) is 0.143. The Labute approximate surface area is 127 Å². The number of nitro benzene ring substituents is 1. The summed E-state index contributed by atoms with van der Waals surface area (Å²) in [6.07, 6.45) is 0. The summed E-state index contributed by atoms with van der Waals surface area (Å²) in [5, 5.41) is 10.9. The number of nitrogens with one attached hydrogen (secondary N) is 1. The number of rotatable bonds is 7. The first-order valence-electron chi connectivity index (χ1n) is 6.41. The lowest BCUT2D eigenvalue weighted by atomic mass is 10.3. The molecule has 0 aliphatic rings. The normalized spacial score (nSPS) is 11.1. The van der Waals surface area contributed by atoms with Gasteiger partial charge >= 0.3 is 0 Å². The molecule has 0 amide bonds. The molecule has 0 atom stereocenters. The second kappa shape index (κ2) is 7.01. The van der Waals surface area contributed by atoms with Gasteiger partial charge in [-0.3, -0.25) is 10.1 Å². The van der Waals surface area contributed by atoms with Gasteiger partial charge in [-0.05, 0) is 18.2 Å². The van der Waals surface area contributed by atoms with Crippen LogP contribution in [0.3, 0.4) is 0 Å². The van der Waals surface area contributed by atoms with E-state index in [-0.39, 0.29) is 18.0 Å². The molecule has 0 radical (unpaired) electrons. The summed E-state index contributed by atoms with van der Waals surface area (Å²) in [5.41, 5.74) is -0.459. The molecule has 0 heterocycles. The van der Waals surface area contributed by atoms with Crippen LogP contribution in [0.15, 0.2) is 59.5 Å². The Morgan fingerprint density at radius 1 is 1.05 bits per heavy atom. The maximum Gasteiger partial charge on any atom is 0.289 e. The second-order valence-electron chi connectivity index (χ2n) is 4.28. The minimum absolute atomic E-state index is 0.00325. The van der Waals surface area contributed by atoms with Gasteiger partial charge in [-0.1, -0.05) is 30.3 Å². The zero-order valence-corrected chi connectivity index (χ0v) is 12.3. The largest absolute Gasteiger partial charge is 0.492 e. The first-order chi connectivity index (χ1) is 10.5. The van der Waals surface area contributed by atoms with Crippen molar-refractivity contribution in [1.29, 1.82) is 0 Å². The number of hydrogen-bond donors (Lipinski definition) is 1. The van der Waals surface area contributed by atoms with Gasteiger partial charge in [0.2, 0.25) is 10.0 Å². The van der Waals surface area contributed by atoms with Crippen molar-refractivity contribution in [1.82, 2.24) is 4.72 Å². The Morgan fingerprint density at radius 3 is 2.36 bits per heavy atom. The third-order valence-corrected chi connectivity index (χ3v) is 4.27. The smallest absolute Gasteiger partial charge is 0.289 e. The van der Waals surface area contributed by atoms with E-state index in [1.165, 1.54) is 18.2 Å². The van der Waals surface area contributed by atoms with Crippen LogP contribution in [-0.4, -0.2) is 26.5 Å². The van der Waals surface area contributed by atoms with E-state index in [1.807, 2.05) is 6.07 Å². The molecule has 22 heavy (non-hydrogen) atoms. The minimum atomic E-state index is -3.96. The molecule has 0 aliphatic heterocycles. The van der Waals surface area contributed by atoms with Crippen LogP contribution in [0.4, 0.5) is 5.69 Å². The Morgan fingerprint density at radius 2 is 1.68 bits per heavy atom. The van der Waals surface area contributed by atoms with Gasteiger partial charge in [-0.2, -0.15) is 0 Å². The van der Waals surface area contributed by atoms with Gasteiger partial charge in [0.1, 0.15) is 12.4 Å². The summed E-state index contributed by atoms with van der Waals surface area (Å²) in [5.74, 6) is 0.618. The number of sulfonamides is 1. The van der Waals surface area contributed by atoms with E-state index in [9.17, 15) is 18.5 Å². The molecule has 2 rings (SSSR count). The lowest BCUT2D eigenvalue weighted by molar-refractivity contribution is -0.387. The molecule has 8 heteroatoms. The third kappa shape index (κ3) is 4.03. The van der Waals surface area contributed by atoms with Crippen LogP contribution in [0.2, 0.25) is 0 Å². The quantitative estimate of drug-likeness (QED) is 0.477. The number of hydrogen-bond acceptors (Lipinski definition) is 5. The molecule has 0 aliphatic carbocycles. The van der Waals surface area contributed by atoms with Gasteiger partial charge in [0.25, 0.3) is 5.69 Å². The summed E-state index contributed by atoms with van der Waals surface area (Å²) in [6.45, 7) is 0.118. The maximum atomic E-state index is 12.1. The lowest BCUT2D eigenvalue weighted by Crippen LogP contribution is -2.28.